The van der Waals surface area contributed by atoms with Crippen molar-refractivity contribution in [2.75, 3.05) is 0 Å². The van der Waals surface area contributed by atoms with Gasteiger partial charge in [-0.3, -0.25) is 10.1 Å². The summed E-state index contributed by atoms with van der Waals surface area (Å²) in [5.41, 5.74) is 7.84. The first-order chi connectivity index (χ1) is 8.24. The quantitative estimate of drug-likeness (QED) is 0.811. The van der Waals surface area contributed by atoms with Crippen molar-refractivity contribution in [1.82, 2.24) is 5.32 Å². The average Bonchev–Trinajstić information content (AvgIpc) is 3.17. The number of carbonyl (C=O) groups is 1. The lowest BCUT2D eigenvalue weighted by Crippen LogP contribution is -2.34. The maximum Gasteiger partial charge on any atom is 0.239 e. The Morgan fingerprint density at radius 3 is 2.29 bits per heavy atom. The lowest BCUT2D eigenvalue weighted by Gasteiger charge is -2.15. The summed E-state index contributed by atoms with van der Waals surface area (Å²) < 4.78 is 0. The van der Waals surface area contributed by atoms with Crippen molar-refractivity contribution in [3.63, 3.8) is 0 Å². The van der Waals surface area contributed by atoms with Crippen LogP contribution >= 0.6 is 0 Å². The highest BCUT2D eigenvalue weighted by Crippen LogP contribution is 2.40. The van der Waals surface area contributed by atoms with Crippen molar-refractivity contribution in [2.45, 2.75) is 43.7 Å². The van der Waals surface area contributed by atoms with Crippen LogP contribution in [-0.2, 0) is 4.79 Å². The van der Waals surface area contributed by atoms with E-state index < -0.39 is 0 Å². The van der Waals surface area contributed by atoms with E-state index in [0.29, 0.717) is 6.04 Å². The summed E-state index contributed by atoms with van der Waals surface area (Å²) in [6.07, 6.45) is 4.92. The molecule has 0 bridgehead atoms. The zero-order valence-electron chi connectivity index (χ0n) is 9.86. The third-order valence-electron chi connectivity index (χ3n) is 3.58. The fourth-order valence-corrected chi connectivity index (χ4v) is 2.21. The predicted molar refractivity (Wildman–Crippen MR) is 66.5 cm³/mol. The smallest absolute Gasteiger partial charge is 0.239 e. The van der Waals surface area contributed by atoms with Crippen LogP contribution in [0.15, 0.2) is 24.3 Å². The zero-order valence-corrected chi connectivity index (χ0v) is 9.86. The molecular weight excluding hydrogens is 212 g/mol. The molecule has 0 spiro atoms. The van der Waals surface area contributed by atoms with E-state index in [1.54, 1.807) is 0 Å². The Hall–Kier alpha value is -1.35. The summed E-state index contributed by atoms with van der Waals surface area (Å²) in [5, 5.41) is 3.30. The third-order valence-corrected chi connectivity index (χ3v) is 3.58. The van der Waals surface area contributed by atoms with E-state index in [1.165, 1.54) is 18.4 Å². The van der Waals surface area contributed by atoms with Gasteiger partial charge in [-0.1, -0.05) is 24.3 Å². The number of primary amides is 1. The van der Waals surface area contributed by atoms with Crippen LogP contribution in [0, 0.1) is 0 Å². The minimum atomic E-state index is -0.323. The number of rotatable bonds is 5. The van der Waals surface area contributed by atoms with Gasteiger partial charge in [-0.2, -0.15) is 0 Å². The number of benzene rings is 1. The third kappa shape index (κ3) is 2.50. The molecule has 1 amide bonds. The van der Waals surface area contributed by atoms with Crippen molar-refractivity contribution in [3.8, 4) is 0 Å². The Balaban J connectivity index is 1.76. The van der Waals surface area contributed by atoms with Crippen LogP contribution in [0.2, 0.25) is 0 Å². The van der Waals surface area contributed by atoms with Crippen LogP contribution in [0.4, 0.5) is 0 Å². The van der Waals surface area contributed by atoms with Crippen LogP contribution in [0.1, 0.15) is 48.8 Å². The molecule has 3 rings (SSSR count). The molecule has 3 N–H and O–H groups in total. The number of amides is 1. The summed E-state index contributed by atoms with van der Waals surface area (Å²) in [5.74, 6) is 0.476. The molecule has 0 heterocycles. The first kappa shape index (κ1) is 10.8. The summed E-state index contributed by atoms with van der Waals surface area (Å²) in [7, 11) is 0. The van der Waals surface area contributed by atoms with E-state index in [4.69, 9.17) is 5.73 Å². The minimum absolute atomic E-state index is 0.281. The Morgan fingerprint density at radius 2 is 1.82 bits per heavy atom. The molecule has 2 fully saturated rings. The number of nitrogens with one attached hydrogen (secondary N) is 1. The predicted octanol–water partition coefficient (Wildman–Crippen LogP) is 1.84. The normalized spacial score (nSPS) is 21.2. The van der Waals surface area contributed by atoms with Gasteiger partial charge < -0.3 is 5.73 Å². The SMILES string of the molecule is NC(=O)C(NC1CC1)c1ccc(C2CC2)cc1. The maximum atomic E-state index is 11.5. The van der Waals surface area contributed by atoms with Gasteiger partial charge in [0.2, 0.25) is 5.91 Å². The molecule has 2 aliphatic rings. The average molecular weight is 230 g/mol. The molecule has 1 unspecified atom stereocenters. The van der Waals surface area contributed by atoms with Gasteiger partial charge in [0, 0.05) is 6.04 Å². The van der Waals surface area contributed by atoms with Crippen LogP contribution in [-0.4, -0.2) is 11.9 Å². The summed E-state index contributed by atoms with van der Waals surface area (Å²) in [6.45, 7) is 0. The number of carbonyl (C=O) groups excluding carboxylic acids is 1. The summed E-state index contributed by atoms with van der Waals surface area (Å²) >= 11 is 0. The monoisotopic (exact) mass is 230 g/mol. The van der Waals surface area contributed by atoms with Gasteiger partial charge in [0.15, 0.2) is 0 Å². The molecule has 0 aromatic heterocycles. The van der Waals surface area contributed by atoms with E-state index in [-0.39, 0.29) is 11.9 Å². The standard InChI is InChI=1S/C14H18N2O/c15-14(17)13(16-12-7-8-12)11-5-3-10(4-6-11)9-1-2-9/h3-6,9,12-13,16H,1-2,7-8H2,(H2,15,17). The minimum Gasteiger partial charge on any atom is -0.368 e. The van der Waals surface area contributed by atoms with Gasteiger partial charge in [0.1, 0.15) is 6.04 Å². The van der Waals surface area contributed by atoms with Crippen molar-refractivity contribution >= 4 is 5.91 Å². The molecule has 3 heteroatoms. The molecule has 1 aromatic rings. The van der Waals surface area contributed by atoms with Gasteiger partial charge in [0.25, 0.3) is 0 Å². The van der Waals surface area contributed by atoms with Crippen molar-refractivity contribution in [2.24, 2.45) is 5.73 Å². The second-order valence-electron chi connectivity index (χ2n) is 5.22. The highest BCUT2D eigenvalue weighted by molar-refractivity contribution is 5.81. The first-order valence-corrected chi connectivity index (χ1v) is 6.39. The van der Waals surface area contributed by atoms with Gasteiger partial charge in [-0.25, -0.2) is 0 Å². The van der Waals surface area contributed by atoms with Crippen LogP contribution in [0.3, 0.4) is 0 Å². The van der Waals surface area contributed by atoms with Gasteiger partial charge in [-0.05, 0) is 42.7 Å². The molecule has 1 atom stereocenters. The fraction of sp³-hybridized carbons (Fsp3) is 0.500. The Kier molecular flexibility index (Phi) is 2.63. The molecule has 17 heavy (non-hydrogen) atoms. The molecule has 1 aromatic carbocycles. The van der Waals surface area contributed by atoms with Crippen molar-refractivity contribution in [3.05, 3.63) is 35.4 Å². The molecule has 2 saturated carbocycles. The van der Waals surface area contributed by atoms with Gasteiger partial charge in [0.05, 0.1) is 0 Å². The summed E-state index contributed by atoms with van der Waals surface area (Å²) in [4.78, 5) is 11.5. The molecule has 2 aliphatic carbocycles. The zero-order chi connectivity index (χ0) is 11.8. The van der Waals surface area contributed by atoms with Crippen LogP contribution < -0.4 is 11.1 Å². The van der Waals surface area contributed by atoms with E-state index >= 15 is 0 Å². The van der Waals surface area contributed by atoms with E-state index in [0.717, 1.165) is 24.3 Å². The van der Waals surface area contributed by atoms with E-state index in [2.05, 4.69) is 17.4 Å². The van der Waals surface area contributed by atoms with Crippen molar-refractivity contribution in [1.29, 1.82) is 0 Å². The van der Waals surface area contributed by atoms with E-state index in [1.807, 2.05) is 12.1 Å². The number of hydrogen-bond acceptors (Lipinski definition) is 2. The molecule has 0 aliphatic heterocycles. The maximum absolute atomic E-state index is 11.5. The molecular formula is C14H18N2O. The number of nitrogens with two attached hydrogens (primary N) is 1. The Labute approximate surface area is 101 Å². The molecule has 0 radical (unpaired) electrons. The van der Waals surface area contributed by atoms with E-state index in [9.17, 15) is 4.79 Å². The second kappa shape index (κ2) is 4.15. The van der Waals surface area contributed by atoms with Crippen LogP contribution in [0.5, 0.6) is 0 Å². The van der Waals surface area contributed by atoms with Crippen LogP contribution in [0.25, 0.3) is 0 Å². The lowest BCUT2D eigenvalue weighted by molar-refractivity contribution is -0.120. The molecule has 0 saturated heterocycles. The fourth-order valence-electron chi connectivity index (χ4n) is 2.21. The second-order valence-corrected chi connectivity index (χ2v) is 5.22. The lowest BCUT2D eigenvalue weighted by atomic mass is 10.0. The van der Waals surface area contributed by atoms with Gasteiger partial charge >= 0.3 is 0 Å². The number of hydrogen-bond donors (Lipinski definition) is 2. The Morgan fingerprint density at radius 1 is 1.18 bits per heavy atom. The molecule has 3 nitrogen and oxygen atoms in total. The topological polar surface area (TPSA) is 55.1 Å². The Bertz CT molecular complexity index is 418. The highest BCUT2D eigenvalue weighted by atomic mass is 16.1. The summed E-state index contributed by atoms with van der Waals surface area (Å²) in [6, 6.07) is 8.51. The largest absolute Gasteiger partial charge is 0.368 e. The van der Waals surface area contributed by atoms with Crippen molar-refractivity contribution < 1.29 is 4.79 Å². The molecule has 90 valence electrons. The van der Waals surface area contributed by atoms with Gasteiger partial charge in [-0.15, -0.1) is 0 Å². The highest BCUT2D eigenvalue weighted by Gasteiger charge is 2.29. The first-order valence-electron chi connectivity index (χ1n) is 6.39.